The van der Waals surface area contributed by atoms with Gasteiger partial charge < -0.3 is 9.84 Å². The highest BCUT2D eigenvalue weighted by Crippen LogP contribution is 2.28. The summed E-state index contributed by atoms with van der Waals surface area (Å²) in [5.74, 6) is 0.606. The summed E-state index contributed by atoms with van der Waals surface area (Å²) in [6, 6.07) is 5.29. The lowest BCUT2D eigenvalue weighted by molar-refractivity contribution is 0.178. The highest BCUT2D eigenvalue weighted by Gasteiger charge is 2.12. The maximum absolute atomic E-state index is 10.1. The standard InChI is InChI=1S/C13H15ClN2O2/c1-16-8-9(7-15-16)5-12(17)10-3-4-13(18-2)11(14)6-10/h3-4,6-8,12,17H,5H2,1-2H3. The average molecular weight is 267 g/mol. The van der Waals surface area contributed by atoms with Crippen LogP contribution in [0.25, 0.3) is 0 Å². The molecule has 2 aromatic rings. The van der Waals surface area contributed by atoms with Gasteiger partial charge in [0.2, 0.25) is 0 Å². The van der Waals surface area contributed by atoms with Crippen molar-refractivity contribution in [1.82, 2.24) is 9.78 Å². The first kappa shape index (κ1) is 12.9. The number of rotatable bonds is 4. The van der Waals surface area contributed by atoms with Crippen molar-refractivity contribution in [3.8, 4) is 5.75 Å². The van der Waals surface area contributed by atoms with Crippen molar-refractivity contribution in [3.05, 3.63) is 46.7 Å². The molecule has 0 aliphatic heterocycles. The number of methoxy groups -OCH3 is 1. The molecule has 0 aliphatic rings. The lowest BCUT2D eigenvalue weighted by atomic mass is 10.0. The molecule has 0 amide bonds. The largest absolute Gasteiger partial charge is 0.495 e. The van der Waals surface area contributed by atoms with E-state index in [-0.39, 0.29) is 0 Å². The number of aliphatic hydroxyl groups is 1. The van der Waals surface area contributed by atoms with Crippen molar-refractivity contribution in [2.24, 2.45) is 7.05 Å². The Kier molecular flexibility index (Phi) is 3.89. The lowest BCUT2D eigenvalue weighted by Gasteiger charge is -2.11. The number of nitrogens with zero attached hydrogens (tertiary/aromatic N) is 2. The molecule has 18 heavy (non-hydrogen) atoms. The number of halogens is 1. The molecule has 0 aliphatic carbocycles. The number of ether oxygens (including phenoxy) is 1. The Labute approximate surface area is 111 Å². The normalized spacial score (nSPS) is 12.4. The van der Waals surface area contributed by atoms with Gasteiger partial charge in [0.1, 0.15) is 5.75 Å². The van der Waals surface area contributed by atoms with Gasteiger partial charge in [0, 0.05) is 19.7 Å². The van der Waals surface area contributed by atoms with Crippen LogP contribution in [-0.4, -0.2) is 22.0 Å². The molecule has 0 radical (unpaired) electrons. The molecule has 0 saturated carbocycles. The minimum absolute atomic E-state index is 0.500. The zero-order chi connectivity index (χ0) is 13.1. The van der Waals surface area contributed by atoms with Gasteiger partial charge in [0.25, 0.3) is 0 Å². The van der Waals surface area contributed by atoms with Crippen LogP contribution in [0, 0.1) is 0 Å². The van der Waals surface area contributed by atoms with Crippen molar-refractivity contribution in [2.75, 3.05) is 7.11 Å². The third kappa shape index (κ3) is 2.83. The highest BCUT2D eigenvalue weighted by atomic mass is 35.5. The third-order valence-electron chi connectivity index (χ3n) is 2.75. The molecule has 1 aromatic heterocycles. The summed E-state index contributed by atoms with van der Waals surface area (Å²) in [6.45, 7) is 0. The van der Waals surface area contributed by atoms with E-state index < -0.39 is 6.10 Å². The fourth-order valence-corrected chi connectivity index (χ4v) is 2.07. The molecular formula is C13H15ClN2O2. The average Bonchev–Trinajstić information content (AvgIpc) is 2.74. The second kappa shape index (κ2) is 5.42. The van der Waals surface area contributed by atoms with Gasteiger partial charge in [-0.25, -0.2) is 0 Å². The van der Waals surface area contributed by atoms with Crippen LogP contribution in [-0.2, 0) is 13.5 Å². The van der Waals surface area contributed by atoms with Crippen molar-refractivity contribution < 1.29 is 9.84 Å². The summed E-state index contributed by atoms with van der Waals surface area (Å²) in [4.78, 5) is 0. The summed E-state index contributed by atoms with van der Waals surface area (Å²) >= 11 is 6.03. The monoisotopic (exact) mass is 266 g/mol. The molecule has 0 bridgehead atoms. The summed E-state index contributed by atoms with van der Waals surface area (Å²) in [6.07, 6.45) is 3.54. The zero-order valence-corrected chi connectivity index (χ0v) is 11.1. The van der Waals surface area contributed by atoms with Gasteiger partial charge in [0.05, 0.1) is 24.4 Å². The lowest BCUT2D eigenvalue weighted by Crippen LogP contribution is -2.01. The van der Waals surface area contributed by atoms with Gasteiger partial charge in [-0.2, -0.15) is 5.10 Å². The Bertz CT molecular complexity index is 540. The third-order valence-corrected chi connectivity index (χ3v) is 3.04. The zero-order valence-electron chi connectivity index (χ0n) is 10.3. The van der Waals surface area contributed by atoms with Gasteiger partial charge in [-0.3, -0.25) is 4.68 Å². The van der Waals surface area contributed by atoms with Gasteiger partial charge in [-0.05, 0) is 23.3 Å². The van der Waals surface area contributed by atoms with Crippen LogP contribution in [0.4, 0.5) is 0 Å². The van der Waals surface area contributed by atoms with E-state index >= 15 is 0 Å². The fraction of sp³-hybridized carbons (Fsp3) is 0.308. The van der Waals surface area contributed by atoms with Crippen LogP contribution >= 0.6 is 11.6 Å². The summed E-state index contributed by atoms with van der Waals surface area (Å²) in [5.41, 5.74) is 1.75. The Morgan fingerprint density at radius 3 is 2.83 bits per heavy atom. The molecule has 5 heteroatoms. The second-order valence-corrected chi connectivity index (χ2v) is 4.54. The summed E-state index contributed by atoms with van der Waals surface area (Å²) < 4.78 is 6.79. The van der Waals surface area contributed by atoms with E-state index in [1.165, 1.54) is 0 Å². The molecule has 2 rings (SSSR count). The predicted molar refractivity (Wildman–Crippen MR) is 69.9 cm³/mol. The van der Waals surface area contributed by atoms with Crippen molar-refractivity contribution in [1.29, 1.82) is 0 Å². The molecular weight excluding hydrogens is 252 g/mol. The van der Waals surface area contributed by atoms with Gasteiger partial charge in [0.15, 0.2) is 0 Å². The van der Waals surface area contributed by atoms with E-state index in [2.05, 4.69) is 5.10 Å². The van der Waals surface area contributed by atoms with E-state index in [9.17, 15) is 5.11 Å². The molecule has 1 N–H and O–H groups in total. The van der Waals surface area contributed by atoms with E-state index in [0.717, 1.165) is 11.1 Å². The van der Waals surface area contributed by atoms with Gasteiger partial charge in [-0.15, -0.1) is 0 Å². The quantitative estimate of drug-likeness (QED) is 0.924. The molecule has 0 saturated heterocycles. The smallest absolute Gasteiger partial charge is 0.137 e. The number of benzene rings is 1. The number of hydrogen-bond acceptors (Lipinski definition) is 3. The molecule has 96 valence electrons. The fourth-order valence-electron chi connectivity index (χ4n) is 1.81. The second-order valence-electron chi connectivity index (χ2n) is 4.14. The maximum atomic E-state index is 10.1. The topological polar surface area (TPSA) is 47.3 Å². The van der Waals surface area contributed by atoms with Crippen molar-refractivity contribution >= 4 is 11.6 Å². The number of aryl methyl sites for hydroxylation is 1. The highest BCUT2D eigenvalue weighted by molar-refractivity contribution is 6.32. The van der Waals surface area contributed by atoms with Crippen LogP contribution in [0.15, 0.2) is 30.6 Å². The van der Waals surface area contributed by atoms with Crippen molar-refractivity contribution in [3.63, 3.8) is 0 Å². The minimum atomic E-state index is -0.599. The van der Waals surface area contributed by atoms with Crippen LogP contribution < -0.4 is 4.74 Å². The van der Waals surface area contributed by atoms with E-state index in [1.807, 2.05) is 19.3 Å². The summed E-state index contributed by atoms with van der Waals surface area (Å²) in [7, 11) is 3.41. The molecule has 0 fully saturated rings. The number of aromatic nitrogens is 2. The van der Waals surface area contributed by atoms with E-state index in [1.54, 1.807) is 30.1 Å². The Morgan fingerprint density at radius 2 is 2.28 bits per heavy atom. The van der Waals surface area contributed by atoms with Crippen LogP contribution in [0.1, 0.15) is 17.2 Å². The SMILES string of the molecule is COc1ccc(C(O)Cc2cnn(C)c2)cc1Cl. The Balaban J connectivity index is 2.13. The van der Waals surface area contributed by atoms with Gasteiger partial charge >= 0.3 is 0 Å². The predicted octanol–water partition coefficient (Wildman–Crippen LogP) is 2.36. The molecule has 1 aromatic carbocycles. The van der Waals surface area contributed by atoms with Crippen LogP contribution in [0.2, 0.25) is 5.02 Å². The Morgan fingerprint density at radius 1 is 1.50 bits per heavy atom. The van der Waals surface area contributed by atoms with E-state index in [0.29, 0.717) is 17.2 Å². The van der Waals surface area contributed by atoms with Crippen LogP contribution in [0.3, 0.4) is 0 Å². The number of hydrogen-bond donors (Lipinski definition) is 1. The first-order chi connectivity index (χ1) is 8.60. The van der Waals surface area contributed by atoms with Crippen molar-refractivity contribution in [2.45, 2.75) is 12.5 Å². The molecule has 4 nitrogen and oxygen atoms in total. The first-order valence-electron chi connectivity index (χ1n) is 5.59. The first-order valence-corrected chi connectivity index (χ1v) is 5.97. The van der Waals surface area contributed by atoms with E-state index in [4.69, 9.17) is 16.3 Å². The number of aliphatic hydroxyl groups excluding tert-OH is 1. The molecule has 1 heterocycles. The van der Waals surface area contributed by atoms with Crippen LogP contribution in [0.5, 0.6) is 5.75 Å². The minimum Gasteiger partial charge on any atom is -0.495 e. The molecule has 0 spiro atoms. The van der Waals surface area contributed by atoms with Gasteiger partial charge in [-0.1, -0.05) is 17.7 Å². The summed E-state index contributed by atoms with van der Waals surface area (Å²) in [5, 5.41) is 14.7. The molecule has 1 atom stereocenters. The molecule has 1 unspecified atom stereocenters. The Hall–Kier alpha value is -1.52. The maximum Gasteiger partial charge on any atom is 0.137 e.